The van der Waals surface area contributed by atoms with Crippen LogP contribution in [0, 0.1) is 11.3 Å². The monoisotopic (exact) mass is 325 g/mol. The molecule has 0 aromatic rings. The lowest BCUT2D eigenvalue weighted by Gasteiger charge is -2.17. The van der Waals surface area contributed by atoms with Gasteiger partial charge in [0.25, 0.3) is 0 Å². The minimum absolute atomic E-state index is 0.108. The van der Waals surface area contributed by atoms with Gasteiger partial charge in [0.1, 0.15) is 0 Å². The summed E-state index contributed by atoms with van der Waals surface area (Å²) >= 11 is 0. The van der Waals surface area contributed by atoms with E-state index in [0.717, 1.165) is 18.9 Å². The minimum atomic E-state index is 0.108. The summed E-state index contributed by atoms with van der Waals surface area (Å²) in [4.78, 5) is 0. The fraction of sp³-hybridized carbons (Fsp3) is 0.950. The van der Waals surface area contributed by atoms with Crippen LogP contribution in [0.2, 0.25) is 0 Å². The molecular formula is C20H43N3. The fourth-order valence-electron chi connectivity index (χ4n) is 3.30. The number of guanidine groups is 1. The number of nitrogens with one attached hydrogen (secondary N) is 2. The zero-order chi connectivity index (χ0) is 17.2. The molecule has 0 fully saturated rings. The van der Waals surface area contributed by atoms with Gasteiger partial charge in [0.05, 0.1) is 0 Å². The van der Waals surface area contributed by atoms with Crippen molar-refractivity contribution in [3.05, 3.63) is 0 Å². The highest BCUT2D eigenvalue weighted by Gasteiger charge is 2.08. The van der Waals surface area contributed by atoms with E-state index in [1.807, 2.05) is 0 Å². The van der Waals surface area contributed by atoms with Crippen molar-refractivity contribution in [2.75, 3.05) is 6.54 Å². The molecule has 0 aliphatic carbocycles. The van der Waals surface area contributed by atoms with Crippen molar-refractivity contribution in [2.24, 2.45) is 11.7 Å². The summed E-state index contributed by atoms with van der Waals surface area (Å²) in [6.45, 7) is 5.42. The predicted octanol–water partition coefficient (Wildman–Crippen LogP) is 5.98. The van der Waals surface area contributed by atoms with Gasteiger partial charge in [-0.25, -0.2) is 0 Å². The van der Waals surface area contributed by atoms with E-state index in [9.17, 15) is 0 Å². The van der Waals surface area contributed by atoms with Crippen LogP contribution in [0.15, 0.2) is 0 Å². The molecule has 1 atom stereocenters. The Hall–Kier alpha value is -0.730. The van der Waals surface area contributed by atoms with Gasteiger partial charge in [-0.15, -0.1) is 0 Å². The molecular weight excluding hydrogens is 282 g/mol. The van der Waals surface area contributed by atoms with E-state index in [1.165, 1.54) is 89.9 Å². The van der Waals surface area contributed by atoms with Crippen LogP contribution in [0.3, 0.4) is 0 Å². The summed E-state index contributed by atoms with van der Waals surface area (Å²) < 4.78 is 0. The van der Waals surface area contributed by atoms with Crippen molar-refractivity contribution in [2.45, 2.75) is 110 Å². The second-order valence-corrected chi connectivity index (χ2v) is 7.11. The van der Waals surface area contributed by atoms with Crippen molar-refractivity contribution in [1.82, 2.24) is 5.32 Å². The summed E-state index contributed by atoms with van der Waals surface area (Å²) in [5, 5.41) is 10.1. The first-order chi connectivity index (χ1) is 11.2. The van der Waals surface area contributed by atoms with Gasteiger partial charge < -0.3 is 11.1 Å². The van der Waals surface area contributed by atoms with Gasteiger partial charge in [-0.1, -0.05) is 97.3 Å². The van der Waals surface area contributed by atoms with E-state index in [1.54, 1.807) is 0 Å². The Morgan fingerprint density at radius 3 is 1.65 bits per heavy atom. The minimum Gasteiger partial charge on any atom is -0.370 e. The van der Waals surface area contributed by atoms with Crippen LogP contribution in [0.1, 0.15) is 110 Å². The van der Waals surface area contributed by atoms with Crippen molar-refractivity contribution < 1.29 is 0 Å². The standard InChI is InChI=1S/C20H43N3/c1-3-5-7-9-11-13-16-19(15-12-10-8-6-4-2)17-14-18-23-20(21)22/h19H,3-18H2,1-2H3,(H4,21,22,23). The molecule has 3 heteroatoms. The molecule has 0 radical (unpaired) electrons. The van der Waals surface area contributed by atoms with Gasteiger partial charge >= 0.3 is 0 Å². The Morgan fingerprint density at radius 1 is 0.739 bits per heavy atom. The quantitative estimate of drug-likeness (QED) is 0.175. The Bertz CT molecular complexity index is 253. The number of hydrogen-bond donors (Lipinski definition) is 3. The number of nitrogens with two attached hydrogens (primary N) is 1. The molecule has 23 heavy (non-hydrogen) atoms. The van der Waals surface area contributed by atoms with Crippen LogP contribution in [-0.4, -0.2) is 12.5 Å². The predicted molar refractivity (Wildman–Crippen MR) is 104 cm³/mol. The van der Waals surface area contributed by atoms with E-state index >= 15 is 0 Å². The second kappa shape index (κ2) is 17.6. The Morgan fingerprint density at radius 2 is 1.17 bits per heavy atom. The van der Waals surface area contributed by atoms with E-state index in [2.05, 4.69) is 19.2 Å². The maximum Gasteiger partial charge on any atom is 0.185 e. The van der Waals surface area contributed by atoms with Crippen molar-refractivity contribution >= 4 is 5.96 Å². The molecule has 0 aromatic heterocycles. The summed E-state index contributed by atoms with van der Waals surface area (Å²) in [6, 6.07) is 0. The van der Waals surface area contributed by atoms with Gasteiger partial charge in [-0.2, -0.15) is 0 Å². The third kappa shape index (κ3) is 17.5. The molecule has 138 valence electrons. The van der Waals surface area contributed by atoms with Crippen LogP contribution < -0.4 is 11.1 Å². The molecule has 0 spiro atoms. The van der Waals surface area contributed by atoms with Gasteiger partial charge in [-0.05, 0) is 18.8 Å². The van der Waals surface area contributed by atoms with Gasteiger partial charge in [0, 0.05) is 6.54 Å². The summed E-state index contributed by atoms with van der Waals surface area (Å²) in [7, 11) is 0. The Labute approximate surface area is 145 Å². The summed E-state index contributed by atoms with van der Waals surface area (Å²) in [5.41, 5.74) is 5.35. The zero-order valence-electron chi connectivity index (χ0n) is 16.0. The van der Waals surface area contributed by atoms with Crippen LogP contribution in [0.25, 0.3) is 0 Å². The number of hydrogen-bond acceptors (Lipinski definition) is 1. The molecule has 0 aromatic carbocycles. The second-order valence-electron chi connectivity index (χ2n) is 7.11. The molecule has 0 aliphatic rings. The number of unbranched alkanes of at least 4 members (excludes halogenated alkanes) is 9. The SMILES string of the molecule is CCCCCCCCC(CCCCCCC)CCCNC(=N)N. The average molecular weight is 326 g/mol. The Kier molecular flexibility index (Phi) is 17.1. The first kappa shape index (κ1) is 22.3. The van der Waals surface area contributed by atoms with Gasteiger partial charge in [-0.3, -0.25) is 5.41 Å². The van der Waals surface area contributed by atoms with Crippen LogP contribution in [-0.2, 0) is 0 Å². The summed E-state index contributed by atoms with van der Waals surface area (Å²) in [5.74, 6) is 0.994. The lowest BCUT2D eigenvalue weighted by molar-refractivity contribution is 0.372. The fourth-order valence-corrected chi connectivity index (χ4v) is 3.30. The highest BCUT2D eigenvalue weighted by atomic mass is 15.0. The number of rotatable bonds is 17. The van der Waals surface area contributed by atoms with Gasteiger partial charge in [0.15, 0.2) is 5.96 Å². The van der Waals surface area contributed by atoms with Crippen molar-refractivity contribution in [3.8, 4) is 0 Å². The van der Waals surface area contributed by atoms with Crippen LogP contribution >= 0.6 is 0 Å². The maximum atomic E-state index is 7.21. The molecule has 0 saturated carbocycles. The van der Waals surface area contributed by atoms with Crippen LogP contribution in [0.4, 0.5) is 0 Å². The van der Waals surface area contributed by atoms with E-state index < -0.39 is 0 Å². The highest BCUT2D eigenvalue weighted by molar-refractivity contribution is 5.74. The molecule has 0 amide bonds. The van der Waals surface area contributed by atoms with Crippen molar-refractivity contribution in [3.63, 3.8) is 0 Å². The van der Waals surface area contributed by atoms with Crippen LogP contribution in [0.5, 0.6) is 0 Å². The average Bonchev–Trinajstić information content (AvgIpc) is 2.53. The zero-order valence-corrected chi connectivity index (χ0v) is 16.0. The first-order valence-electron chi connectivity index (χ1n) is 10.3. The molecule has 1 unspecified atom stereocenters. The van der Waals surface area contributed by atoms with Crippen molar-refractivity contribution in [1.29, 1.82) is 5.41 Å². The lowest BCUT2D eigenvalue weighted by atomic mass is 9.90. The maximum absolute atomic E-state index is 7.21. The molecule has 0 bridgehead atoms. The topological polar surface area (TPSA) is 61.9 Å². The third-order valence-corrected chi connectivity index (χ3v) is 4.79. The molecule has 0 heterocycles. The smallest absolute Gasteiger partial charge is 0.185 e. The van der Waals surface area contributed by atoms with E-state index in [0.29, 0.717) is 0 Å². The first-order valence-corrected chi connectivity index (χ1v) is 10.3. The molecule has 0 aliphatic heterocycles. The Balaban J connectivity index is 3.79. The lowest BCUT2D eigenvalue weighted by Crippen LogP contribution is -2.31. The largest absolute Gasteiger partial charge is 0.370 e. The third-order valence-electron chi connectivity index (χ3n) is 4.79. The van der Waals surface area contributed by atoms with Gasteiger partial charge in [0.2, 0.25) is 0 Å². The highest BCUT2D eigenvalue weighted by Crippen LogP contribution is 2.23. The molecule has 4 N–H and O–H groups in total. The molecule has 0 rings (SSSR count). The summed E-state index contributed by atoms with van der Waals surface area (Å²) in [6.07, 6.45) is 20.6. The normalized spacial score (nSPS) is 12.3. The molecule has 0 saturated heterocycles. The molecule has 3 nitrogen and oxygen atoms in total. The van der Waals surface area contributed by atoms with E-state index in [4.69, 9.17) is 11.1 Å². The van der Waals surface area contributed by atoms with E-state index in [-0.39, 0.29) is 5.96 Å².